The lowest BCUT2D eigenvalue weighted by Gasteiger charge is -2.27. The number of carboxylic acid groups (broad SMARTS) is 1. The highest BCUT2D eigenvalue weighted by Crippen LogP contribution is 2.35. The number of anilines is 2. The van der Waals surface area contributed by atoms with Crippen LogP contribution in [0.5, 0.6) is 11.5 Å². The van der Waals surface area contributed by atoms with E-state index in [4.69, 9.17) is 52.5 Å². The zero-order chi connectivity index (χ0) is 44.3. The van der Waals surface area contributed by atoms with Gasteiger partial charge in [-0.2, -0.15) is 0 Å². The summed E-state index contributed by atoms with van der Waals surface area (Å²) in [6.45, 7) is 13.1. The van der Waals surface area contributed by atoms with Crippen LogP contribution in [-0.4, -0.2) is 122 Å². The van der Waals surface area contributed by atoms with Crippen LogP contribution in [0.25, 0.3) is 20.4 Å². The topological polar surface area (TPSA) is 121 Å². The number of thiazole rings is 2. The van der Waals surface area contributed by atoms with Gasteiger partial charge >= 0.3 is 11.9 Å². The second kappa shape index (κ2) is 22.3. The van der Waals surface area contributed by atoms with Crippen molar-refractivity contribution in [2.75, 3.05) is 82.5 Å². The van der Waals surface area contributed by atoms with Crippen LogP contribution in [0.4, 0.5) is 10.3 Å². The Morgan fingerprint density at radius 1 is 0.714 bits per heavy atom. The molecule has 4 heterocycles. The van der Waals surface area contributed by atoms with Gasteiger partial charge in [0.05, 0.1) is 40.4 Å². The first-order valence-electron chi connectivity index (χ1n) is 21.4. The molecule has 0 spiro atoms. The Morgan fingerprint density at radius 3 is 1.63 bits per heavy atom. The lowest BCUT2D eigenvalue weighted by atomic mass is 10.1. The number of carbonyl (C=O) groups excluding carboxylic acids is 1. The van der Waals surface area contributed by atoms with E-state index in [-0.39, 0.29) is 18.8 Å². The van der Waals surface area contributed by atoms with E-state index in [9.17, 15) is 9.59 Å². The number of esters is 1. The van der Waals surface area contributed by atoms with Gasteiger partial charge in [0.15, 0.2) is 10.3 Å². The summed E-state index contributed by atoms with van der Waals surface area (Å²) in [5.41, 5.74) is 3.65. The molecule has 2 aliphatic rings. The van der Waals surface area contributed by atoms with Gasteiger partial charge in [0.1, 0.15) is 24.7 Å². The first-order chi connectivity index (χ1) is 30.6. The number of fused-ring (bicyclic) bond motifs is 2. The third-order valence-electron chi connectivity index (χ3n) is 11.4. The predicted molar refractivity (Wildman–Crippen MR) is 256 cm³/mol. The fourth-order valence-corrected chi connectivity index (χ4v) is 10.7. The molecule has 0 saturated carbocycles. The number of hydrogen-bond donors (Lipinski definition) is 1. The van der Waals surface area contributed by atoms with E-state index in [2.05, 4.69) is 33.4 Å². The minimum atomic E-state index is -0.837. The van der Waals surface area contributed by atoms with Crippen LogP contribution in [0.1, 0.15) is 37.8 Å². The Morgan fingerprint density at radius 2 is 1.19 bits per heavy atom. The van der Waals surface area contributed by atoms with Crippen molar-refractivity contribution in [1.82, 2.24) is 19.8 Å². The largest absolute Gasteiger partial charge is 0.492 e. The van der Waals surface area contributed by atoms with Crippen molar-refractivity contribution in [1.29, 1.82) is 0 Å². The summed E-state index contributed by atoms with van der Waals surface area (Å²) in [6, 6.07) is 27.6. The van der Waals surface area contributed by atoms with Crippen LogP contribution >= 0.6 is 45.9 Å². The summed E-state index contributed by atoms with van der Waals surface area (Å²) in [6.07, 6.45) is 2.47. The molecule has 2 fully saturated rings. The number of likely N-dealkylation sites (N-methyl/N-ethyl adjacent to an activating group) is 2. The molecule has 2 aliphatic heterocycles. The monoisotopic (exact) mass is 932 g/mol. The van der Waals surface area contributed by atoms with Gasteiger partial charge in [0.25, 0.3) is 0 Å². The fourth-order valence-electron chi connectivity index (χ4n) is 8.13. The molecule has 16 heteroatoms. The maximum absolute atomic E-state index is 11.5. The lowest BCUT2D eigenvalue weighted by Crippen LogP contribution is -2.40. The molecule has 6 aromatic rings. The molecule has 2 saturated heterocycles. The molecule has 4 aromatic carbocycles. The number of benzene rings is 4. The number of aromatic nitrogens is 2. The molecule has 63 heavy (non-hydrogen) atoms. The Labute approximate surface area is 386 Å². The first kappa shape index (κ1) is 46.3. The number of carbonyl (C=O) groups is 2. The van der Waals surface area contributed by atoms with Crippen molar-refractivity contribution in [3.05, 3.63) is 106 Å². The van der Waals surface area contributed by atoms with Crippen molar-refractivity contribution >= 4 is 88.5 Å². The molecule has 0 bridgehead atoms. The van der Waals surface area contributed by atoms with E-state index in [0.29, 0.717) is 25.3 Å². The molecule has 12 nitrogen and oxygen atoms in total. The molecular formula is C47H54Cl2N6O6S2. The van der Waals surface area contributed by atoms with Crippen LogP contribution in [0, 0.1) is 0 Å². The standard InChI is InChI=1S/C24H28ClN3O3S.C23H26ClN3O3S/c1-3-27(11-12-31-20-6-4-5-17(13-20)14-23(29)30-2)19-9-10-28(16-19)24-26-21-8-7-18(25)15-22(21)32-24;1-2-26(10-11-30-19-5-3-4-16(12-19)13-22(28)29)18-8-9-27(15-18)23-25-20-7-6-17(24)14-21(20)31-23/h4-8,13,15,19H,3,9-12,14,16H2,1-2H3;3-7,12,14,18H,2,8-11,13,15H2,1H3,(H,28,29). The number of aliphatic carboxylic acids is 1. The highest BCUT2D eigenvalue weighted by Gasteiger charge is 2.30. The Bertz CT molecular complexity index is 2470. The third-order valence-corrected chi connectivity index (χ3v) is 14.0. The first-order valence-corrected chi connectivity index (χ1v) is 23.8. The molecular weight excluding hydrogens is 880 g/mol. The van der Waals surface area contributed by atoms with E-state index in [1.807, 2.05) is 78.9 Å². The molecule has 1 N–H and O–H groups in total. The van der Waals surface area contributed by atoms with Crippen molar-refractivity contribution in [3.63, 3.8) is 0 Å². The number of hydrogen-bond acceptors (Lipinski definition) is 13. The molecule has 2 unspecified atom stereocenters. The predicted octanol–water partition coefficient (Wildman–Crippen LogP) is 9.20. The van der Waals surface area contributed by atoms with Crippen molar-refractivity contribution < 1.29 is 28.9 Å². The average molecular weight is 934 g/mol. The summed E-state index contributed by atoms with van der Waals surface area (Å²) >= 11 is 15.6. The number of halogens is 2. The summed E-state index contributed by atoms with van der Waals surface area (Å²) < 4.78 is 18.9. The Kier molecular flexibility index (Phi) is 16.4. The Hall–Kier alpha value is -4.70. The maximum Gasteiger partial charge on any atom is 0.309 e. The Balaban J connectivity index is 0.000000189. The summed E-state index contributed by atoms with van der Waals surface area (Å²) in [5, 5.41) is 12.6. The van der Waals surface area contributed by atoms with Gasteiger partial charge in [0.2, 0.25) is 0 Å². The number of carboxylic acids is 1. The van der Waals surface area contributed by atoms with Gasteiger partial charge in [-0.05, 0) is 97.7 Å². The van der Waals surface area contributed by atoms with Crippen LogP contribution in [0.2, 0.25) is 10.0 Å². The lowest BCUT2D eigenvalue weighted by molar-refractivity contribution is -0.140. The van der Waals surface area contributed by atoms with E-state index in [1.165, 1.54) is 7.11 Å². The van der Waals surface area contributed by atoms with Crippen LogP contribution in [0.15, 0.2) is 84.9 Å². The van der Waals surface area contributed by atoms with Crippen molar-refractivity contribution in [2.45, 2.75) is 51.6 Å². The maximum atomic E-state index is 11.5. The van der Waals surface area contributed by atoms with Gasteiger partial charge in [-0.25, -0.2) is 9.97 Å². The molecule has 2 atom stereocenters. The minimum Gasteiger partial charge on any atom is -0.492 e. The van der Waals surface area contributed by atoms with Gasteiger partial charge in [-0.1, -0.05) is 84.0 Å². The van der Waals surface area contributed by atoms with Gasteiger partial charge in [-0.3, -0.25) is 19.4 Å². The van der Waals surface area contributed by atoms with Crippen molar-refractivity contribution in [3.8, 4) is 11.5 Å². The smallest absolute Gasteiger partial charge is 0.309 e. The third kappa shape index (κ3) is 12.7. The van der Waals surface area contributed by atoms with E-state index in [0.717, 1.165) is 129 Å². The second-order valence-electron chi connectivity index (χ2n) is 15.6. The highest BCUT2D eigenvalue weighted by atomic mass is 35.5. The fraction of sp³-hybridized carbons (Fsp3) is 0.404. The summed E-state index contributed by atoms with van der Waals surface area (Å²) in [7, 11) is 1.40. The number of ether oxygens (including phenoxy) is 3. The quantitative estimate of drug-likeness (QED) is 0.0828. The molecule has 334 valence electrons. The summed E-state index contributed by atoms with van der Waals surface area (Å²) in [5.74, 6) is 0.414. The van der Waals surface area contributed by atoms with Crippen LogP contribution < -0.4 is 19.3 Å². The molecule has 8 rings (SSSR count). The normalized spacial score (nSPS) is 16.2. The average Bonchev–Trinajstić information content (AvgIpc) is 4.11. The molecule has 0 amide bonds. The molecule has 0 aliphatic carbocycles. The van der Waals surface area contributed by atoms with Crippen LogP contribution in [0.3, 0.4) is 0 Å². The van der Waals surface area contributed by atoms with E-state index < -0.39 is 5.97 Å². The second-order valence-corrected chi connectivity index (χ2v) is 18.5. The van der Waals surface area contributed by atoms with Crippen molar-refractivity contribution in [2.24, 2.45) is 0 Å². The number of nitrogens with zero attached hydrogens (tertiary/aromatic N) is 6. The zero-order valence-corrected chi connectivity index (χ0v) is 39.0. The van der Waals surface area contributed by atoms with Crippen LogP contribution in [-0.2, 0) is 27.2 Å². The molecule has 2 aromatic heterocycles. The van der Waals surface area contributed by atoms with Gasteiger partial charge in [0, 0.05) is 61.4 Å². The van der Waals surface area contributed by atoms with Gasteiger partial charge < -0.3 is 29.1 Å². The summed E-state index contributed by atoms with van der Waals surface area (Å²) in [4.78, 5) is 41.7. The number of methoxy groups -OCH3 is 1. The zero-order valence-electron chi connectivity index (χ0n) is 35.9. The molecule has 0 radical (unpaired) electrons. The highest BCUT2D eigenvalue weighted by molar-refractivity contribution is 7.22. The number of rotatable bonds is 18. The van der Waals surface area contributed by atoms with Gasteiger partial charge in [-0.15, -0.1) is 0 Å². The SMILES string of the molecule is CCN(CCOc1cccc(CC(=O)O)c1)C1CCN(c2nc3ccc(Cl)cc3s2)C1.CCN(CCOc1cccc(CC(=O)OC)c1)C1CCN(c2nc3ccc(Cl)cc3s2)C1. The van der Waals surface area contributed by atoms with E-state index >= 15 is 0 Å². The minimum absolute atomic E-state index is 0.00810. The van der Waals surface area contributed by atoms with E-state index in [1.54, 1.807) is 28.7 Å².